The molecule has 0 spiro atoms. The van der Waals surface area contributed by atoms with Gasteiger partial charge in [-0.3, -0.25) is 9.59 Å². The summed E-state index contributed by atoms with van der Waals surface area (Å²) < 4.78 is 5.95. The van der Waals surface area contributed by atoms with Gasteiger partial charge in [0.1, 0.15) is 11.8 Å². The summed E-state index contributed by atoms with van der Waals surface area (Å²) in [4.78, 5) is 29.3. The number of aryl methyl sites for hydroxylation is 2. The number of nitrogens with one attached hydrogen (secondary N) is 1. The summed E-state index contributed by atoms with van der Waals surface area (Å²) in [6.07, 6.45) is 5.90. The van der Waals surface area contributed by atoms with Gasteiger partial charge in [-0.25, -0.2) is 0 Å². The first-order valence-corrected chi connectivity index (χ1v) is 13.4. The molecule has 0 bridgehead atoms. The highest BCUT2D eigenvalue weighted by Gasteiger charge is 2.32. The molecule has 1 N–H and O–H groups in total. The van der Waals surface area contributed by atoms with Gasteiger partial charge in [0.05, 0.1) is 0 Å². The SMILES string of the molecule is Cc1ccccc1CN(C(=O)COc1ccccc1C)C(Cc1ccccc1)C(=O)NC1CCCCC1. The van der Waals surface area contributed by atoms with Crippen LogP contribution in [0.5, 0.6) is 5.75 Å². The quantitative estimate of drug-likeness (QED) is 0.386. The van der Waals surface area contributed by atoms with Crippen molar-refractivity contribution in [1.29, 1.82) is 0 Å². The van der Waals surface area contributed by atoms with Crippen LogP contribution in [0.15, 0.2) is 78.9 Å². The summed E-state index contributed by atoms with van der Waals surface area (Å²) in [5.41, 5.74) is 4.10. The van der Waals surface area contributed by atoms with Gasteiger partial charge < -0.3 is 15.0 Å². The Morgan fingerprint density at radius 1 is 0.865 bits per heavy atom. The van der Waals surface area contributed by atoms with Gasteiger partial charge in [-0.05, 0) is 55.0 Å². The fourth-order valence-electron chi connectivity index (χ4n) is 5.01. The largest absolute Gasteiger partial charge is 0.484 e. The predicted octanol–water partition coefficient (Wildman–Crippen LogP) is 5.77. The third-order valence-electron chi connectivity index (χ3n) is 7.27. The first-order chi connectivity index (χ1) is 18.0. The molecule has 5 nitrogen and oxygen atoms in total. The molecule has 37 heavy (non-hydrogen) atoms. The van der Waals surface area contributed by atoms with E-state index in [1.807, 2.05) is 92.7 Å². The van der Waals surface area contributed by atoms with E-state index in [2.05, 4.69) is 5.32 Å². The molecule has 0 aromatic heterocycles. The maximum atomic E-state index is 13.8. The van der Waals surface area contributed by atoms with Crippen LogP contribution in [0.25, 0.3) is 0 Å². The third kappa shape index (κ3) is 7.45. The lowest BCUT2D eigenvalue weighted by Gasteiger charge is -2.33. The van der Waals surface area contributed by atoms with Gasteiger partial charge in [-0.15, -0.1) is 0 Å². The van der Waals surface area contributed by atoms with Gasteiger partial charge >= 0.3 is 0 Å². The summed E-state index contributed by atoms with van der Waals surface area (Å²) >= 11 is 0. The van der Waals surface area contributed by atoms with Crippen LogP contribution < -0.4 is 10.1 Å². The summed E-state index contributed by atoms with van der Waals surface area (Å²) in [5.74, 6) is 0.387. The van der Waals surface area contributed by atoms with Crippen LogP contribution in [-0.2, 0) is 22.6 Å². The van der Waals surface area contributed by atoms with Crippen LogP contribution in [-0.4, -0.2) is 35.4 Å². The average Bonchev–Trinajstić information content (AvgIpc) is 2.92. The molecule has 194 valence electrons. The van der Waals surface area contributed by atoms with Crippen molar-refractivity contribution in [3.05, 3.63) is 101 Å². The highest BCUT2D eigenvalue weighted by atomic mass is 16.5. The molecule has 0 aliphatic heterocycles. The van der Waals surface area contributed by atoms with E-state index in [-0.39, 0.29) is 24.5 Å². The van der Waals surface area contributed by atoms with Crippen molar-refractivity contribution >= 4 is 11.8 Å². The summed E-state index contributed by atoms with van der Waals surface area (Å²) in [5, 5.41) is 3.28. The Morgan fingerprint density at radius 3 is 2.22 bits per heavy atom. The zero-order valence-corrected chi connectivity index (χ0v) is 22.0. The van der Waals surface area contributed by atoms with Crippen molar-refractivity contribution in [3.8, 4) is 5.75 Å². The van der Waals surface area contributed by atoms with E-state index in [0.29, 0.717) is 18.7 Å². The van der Waals surface area contributed by atoms with Crippen LogP contribution in [0, 0.1) is 13.8 Å². The van der Waals surface area contributed by atoms with E-state index in [1.165, 1.54) is 6.42 Å². The van der Waals surface area contributed by atoms with Crippen LogP contribution >= 0.6 is 0 Å². The fraction of sp³-hybridized carbons (Fsp3) is 0.375. The lowest BCUT2D eigenvalue weighted by atomic mass is 9.94. The third-order valence-corrected chi connectivity index (χ3v) is 7.27. The Hall–Kier alpha value is -3.60. The van der Waals surface area contributed by atoms with Crippen molar-refractivity contribution < 1.29 is 14.3 Å². The summed E-state index contributed by atoms with van der Waals surface area (Å²) in [6, 6.07) is 25.2. The minimum absolute atomic E-state index is 0.0893. The smallest absolute Gasteiger partial charge is 0.261 e. The molecule has 1 aliphatic rings. The van der Waals surface area contributed by atoms with Crippen molar-refractivity contribution in [3.63, 3.8) is 0 Å². The van der Waals surface area contributed by atoms with Gasteiger partial charge in [0.15, 0.2) is 6.61 Å². The number of para-hydroxylation sites is 1. The zero-order chi connectivity index (χ0) is 26.0. The molecule has 1 aliphatic carbocycles. The summed E-state index contributed by atoms with van der Waals surface area (Å²) in [6.45, 7) is 4.22. The van der Waals surface area contributed by atoms with Crippen molar-refractivity contribution in [1.82, 2.24) is 10.2 Å². The molecule has 1 fully saturated rings. The highest BCUT2D eigenvalue weighted by Crippen LogP contribution is 2.21. The second-order valence-electron chi connectivity index (χ2n) is 10.1. The number of hydrogen-bond acceptors (Lipinski definition) is 3. The molecule has 3 aromatic rings. The molecule has 1 unspecified atom stereocenters. The van der Waals surface area contributed by atoms with E-state index < -0.39 is 6.04 Å². The van der Waals surface area contributed by atoms with Gasteiger partial charge in [-0.2, -0.15) is 0 Å². The van der Waals surface area contributed by atoms with E-state index in [9.17, 15) is 9.59 Å². The molecule has 3 aromatic carbocycles. The molecule has 0 saturated heterocycles. The standard InChI is InChI=1S/C32H38N2O3/c1-24-13-9-11-17-27(24)22-34(31(35)23-37-30-20-12-10-14-25(30)2)29(21-26-15-5-3-6-16-26)32(36)33-28-18-7-4-8-19-28/h3,5-6,9-17,20,28-29H,4,7-8,18-19,21-23H2,1-2H3,(H,33,36). The van der Waals surface area contributed by atoms with Crippen molar-refractivity contribution in [2.45, 2.75) is 71.0 Å². The van der Waals surface area contributed by atoms with Gasteiger partial charge in [-0.1, -0.05) is 92.1 Å². The normalized spacial score (nSPS) is 14.5. The molecule has 1 saturated carbocycles. The lowest BCUT2D eigenvalue weighted by Crippen LogP contribution is -2.53. The zero-order valence-electron chi connectivity index (χ0n) is 22.0. The second-order valence-corrected chi connectivity index (χ2v) is 10.1. The Kier molecular flexibility index (Phi) is 9.36. The molecule has 0 heterocycles. The van der Waals surface area contributed by atoms with Crippen LogP contribution in [0.3, 0.4) is 0 Å². The van der Waals surface area contributed by atoms with Gasteiger partial charge in [0.2, 0.25) is 5.91 Å². The first kappa shape index (κ1) is 26.5. The Labute approximate surface area is 220 Å². The van der Waals surface area contributed by atoms with Crippen molar-refractivity contribution in [2.75, 3.05) is 6.61 Å². The maximum Gasteiger partial charge on any atom is 0.261 e. The number of carbonyl (C=O) groups is 2. The molecule has 5 heteroatoms. The van der Waals surface area contributed by atoms with Crippen molar-refractivity contribution in [2.24, 2.45) is 0 Å². The fourth-order valence-corrected chi connectivity index (χ4v) is 5.01. The monoisotopic (exact) mass is 498 g/mol. The van der Waals surface area contributed by atoms with Crippen LogP contribution in [0.1, 0.15) is 54.4 Å². The summed E-state index contributed by atoms with van der Waals surface area (Å²) in [7, 11) is 0. The Bertz CT molecular complexity index is 1170. The molecular weight excluding hydrogens is 460 g/mol. The second kappa shape index (κ2) is 13.1. The van der Waals surface area contributed by atoms with E-state index in [4.69, 9.17) is 4.74 Å². The van der Waals surface area contributed by atoms with E-state index in [1.54, 1.807) is 4.90 Å². The number of hydrogen-bond donors (Lipinski definition) is 1. The predicted molar refractivity (Wildman–Crippen MR) is 147 cm³/mol. The molecule has 4 rings (SSSR count). The average molecular weight is 499 g/mol. The topological polar surface area (TPSA) is 58.6 Å². The Balaban J connectivity index is 1.62. The molecular formula is C32H38N2O3. The highest BCUT2D eigenvalue weighted by molar-refractivity contribution is 5.88. The van der Waals surface area contributed by atoms with Gasteiger partial charge in [0.25, 0.3) is 5.91 Å². The van der Waals surface area contributed by atoms with Crippen LogP contribution in [0.2, 0.25) is 0 Å². The number of rotatable bonds is 10. The maximum absolute atomic E-state index is 13.8. The first-order valence-electron chi connectivity index (χ1n) is 13.4. The minimum Gasteiger partial charge on any atom is -0.484 e. The molecule has 1 atom stereocenters. The van der Waals surface area contributed by atoms with E-state index >= 15 is 0 Å². The minimum atomic E-state index is -0.642. The number of nitrogens with zero attached hydrogens (tertiary/aromatic N) is 1. The number of carbonyl (C=O) groups excluding carboxylic acids is 2. The Morgan fingerprint density at radius 2 is 1.51 bits per heavy atom. The lowest BCUT2D eigenvalue weighted by molar-refractivity contribution is -0.143. The van der Waals surface area contributed by atoms with E-state index in [0.717, 1.165) is 47.9 Å². The number of amides is 2. The molecule has 0 radical (unpaired) electrons. The number of benzene rings is 3. The number of ether oxygens (including phenoxy) is 1. The van der Waals surface area contributed by atoms with Gasteiger partial charge in [0, 0.05) is 19.0 Å². The molecule has 2 amide bonds. The van der Waals surface area contributed by atoms with Crippen LogP contribution in [0.4, 0.5) is 0 Å².